The van der Waals surface area contributed by atoms with E-state index in [1.165, 1.54) is 30.3 Å². The molecule has 0 saturated carbocycles. The minimum absolute atomic E-state index is 0.128. The molecule has 1 N–H and O–H groups in total. The van der Waals surface area contributed by atoms with Gasteiger partial charge in [-0.2, -0.15) is 8.78 Å². The van der Waals surface area contributed by atoms with Gasteiger partial charge in [-0.1, -0.05) is 41.1 Å². The lowest BCUT2D eigenvalue weighted by molar-refractivity contribution is -0.154. The second kappa shape index (κ2) is 9.10. The van der Waals surface area contributed by atoms with Crippen molar-refractivity contribution in [1.82, 2.24) is 15.0 Å². The van der Waals surface area contributed by atoms with Gasteiger partial charge in [0.25, 0.3) is 11.8 Å². The molecule has 2 atom stereocenters. The van der Waals surface area contributed by atoms with Crippen molar-refractivity contribution in [1.29, 1.82) is 0 Å². The van der Waals surface area contributed by atoms with E-state index in [2.05, 4.69) is 5.32 Å². The lowest BCUT2D eigenvalue weighted by Gasteiger charge is -2.42. The highest BCUT2D eigenvalue weighted by atomic mass is 35.5. The van der Waals surface area contributed by atoms with Crippen LogP contribution in [-0.2, 0) is 26.9 Å². The highest BCUT2D eigenvalue weighted by molar-refractivity contribution is 6.44. The molecule has 8 radical (unpaired) electrons. The Bertz CT molecular complexity index is 1280. The van der Waals surface area contributed by atoms with Crippen molar-refractivity contribution in [3.8, 4) is 0 Å². The first-order chi connectivity index (χ1) is 16.7. The summed E-state index contributed by atoms with van der Waals surface area (Å²) in [6.45, 7) is -0.128. The van der Waals surface area contributed by atoms with Gasteiger partial charge in [-0.15, -0.1) is 0 Å². The number of alkyl halides is 2. The fourth-order valence-electron chi connectivity index (χ4n) is 4.29. The molecule has 36 heavy (non-hydrogen) atoms. The number of imide groups is 1. The molecule has 0 spiro atoms. The van der Waals surface area contributed by atoms with E-state index >= 15 is 0 Å². The first-order valence-corrected chi connectivity index (χ1v) is 10.9. The molecule has 4 amide bonds. The zero-order chi connectivity index (χ0) is 26.6. The van der Waals surface area contributed by atoms with E-state index in [0.29, 0.717) is 5.56 Å². The molecular weight excluding hydrogens is 487 g/mol. The molecule has 14 heteroatoms. The predicted molar refractivity (Wildman–Crippen MR) is 129 cm³/mol. The van der Waals surface area contributed by atoms with Crippen LogP contribution in [0.2, 0.25) is 10.2 Å². The van der Waals surface area contributed by atoms with Gasteiger partial charge in [0.1, 0.15) is 13.9 Å². The summed E-state index contributed by atoms with van der Waals surface area (Å²) in [5, 5.41) is 0.516. The molecule has 174 valence electrons. The highest BCUT2D eigenvalue weighted by Gasteiger charge is 2.48. The zero-order valence-corrected chi connectivity index (χ0v) is 19.3. The number of halogens is 3. The number of nitrogens with one attached hydrogen (secondary N) is 1. The quantitative estimate of drug-likeness (QED) is 0.491. The van der Waals surface area contributed by atoms with Crippen LogP contribution in [0.1, 0.15) is 39.4 Å². The van der Waals surface area contributed by atoms with Gasteiger partial charge in [0.2, 0.25) is 19.8 Å². The monoisotopic (exact) mass is 501 g/mol. The van der Waals surface area contributed by atoms with Gasteiger partial charge in [-0.3, -0.25) is 24.5 Å². The van der Waals surface area contributed by atoms with Crippen LogP contribution in [0.5, 0.6) is 0 Å². The second-order valence-corrected chi connectivity index (χ2v) is 9.13. The van der Waals surface area contributed by atoms with E-state index in [4.69, 9.17) is 43.1 Å². The Hall–Kier alpha value is -3.07. The molecule has 0 aliphatic carbocycles. The van der Waals surface area contributed by atoms with Gasteiger partial charge >= 0.3 is 5.92 Å². The van der Waals surface area contributed by atoms with Crippen molar-refractivity contribution in [2.45, 2.75) is 36.1 Å². The van der Waals surface area contributed by atoms with Crippen molar-refractivity contribution in [2.75, 3.05) is 0 Å². The van der Waals surface area contributed by atoms with E-state index < -0.39 is 52.3 Å². The first kappa shape index (κ1) is 26.0. The molecule has 1 fully saturated rings. The van der Waals surface area contributed by atoms with Gasteiger partial charge in [0, 0.05) is 35.1 Å². The summed E-state index contributed by atoms with van der Waals surface area (Å²) in [5.74, 6) is -9.30. The van der Waals surface area contributed by atoms with E-state index in [9.17, 15) is 28.0 Å². The normalized spacial score (nSPS) is 20.0. The van der Waals surface area contributed by atoms with E-state index in [-0.39, 0.29) is 33.9 Å². The van der Waals surface area contributed by atoms with Gasteiger partial charge in [-0.25, -0.2) is 0 Å². The van der Waals surface area contributed by atoms with Crippen LogP contribution in [0.25, 0.3) is 0 Å². The van der Waals surface area contributed by atoms with E-state index in [1.807, 2.05) is 0 Å². The van der Waals surface area contributed by atoms with Crippen LogP contribution >= 0.6 is 11.6 Å². The predicted octanol–water partition coefficient (Wildman–Crippen LogP) is 1.04. The summed E-state index contributed by atoms with van der Waals surface area (Å²) in [5.41, 5.74) is 0.0961. The molecule has 2 aliphatic rings. The van der Waals surface area contributed by atoms with Crippen molar-refractivity contribution < 1.29 is 28.0 Å². The molecular formula is C22H14B4ClF2N3O4. The Balaban J connectivity index is 1.56. The third-order valence-corrected chi connectivity index (χ3v) is 6.36. The van der Waals surface area contributed by atoms with Crippen LogP contribution in [0.3, 0.4) is 0 Å². The smallest absolute Gasteiger partial charge is 0.348 e. The SMILES string of the molecule is [B]C(c1ccc2c(c1)CN(C1C(=O)NC(=O)CC1([B])[B])C2=O)N([B])C(=O)C(F)(F)c1ccc(Cl)cc1. The van der Waals surface area contributed by atoms with Crippen molar-refractivity contribution in [3.63, 3.8) is 0 Å². The maximum absolute atomic E-state index is 14.8. The largest absolute Gasteiger partial charge is 0.393 e. The van der Waals surface area contributed by atoms with Gasteiger partial charge in [0.15, 0.2) is 0 Å². The average Bonchev–Trinajstić information content (AvgIpc) is 3.11. The topological polar surface area (TPSA) is 86.8 Å². The third kappa shape index (κ3) is 4.45. The fourth-order valence-corrected chi connectivity index (χ4v) is 4.41. The second-order valence-electron chi connectivity index (χ2n) is 8.69. The number of hydrogen-bond acceptors (Lipinski definition) is 4. The number of piperidine rings is 1. The molecule has 2 aliphatic heterocycles. The van der Waals surface area contributed by atoms with Crippen molar-refractivity contribution in [2.24, 2.45) is 0 Å². The molecule has 2 heterocycles. The Kier molecular flexibility index (Phi) is 6.58. The number of benzene rings is 2. The summed E-state index contributed by atoms with van der Waals surface area (Å²) in [4.78, 5) is 50.9. The molecule has 4 rings (SSSR count). The van der Waals surface area contributed by atoms with Crippen LogP contribution < -0.4 is 5.32 Å². The number of hydrogen-bond donors (Lipinski definition) is 1. The van der Waals surface area contributed by atoms with Gasteiger partial charge in [0.05, 0.1) is 15.7 Å². The molecule has 2 aromatic carbocycles. The molecule has 2 aromatic rings. The number of carbonyl (C=O) groups is 4. The Morgan fingerprint density at radius 1 is 1.17 bits per heavy atom. The van der Waals surface area contributed by atoms with Gasteiger partial charge < -0.3 is 9.71 Å². The van der Waals surface area contributed by atoms with Crippen LogP contribution in [0.15, 0.2) is 42.5 Å². The standard InChI is InChI=1S/C22H14B4ClF2N3O4/c23-17(32(26)20(36)22(28,29)12-2-4-13(27)5-3-12)10-1-6-14-11(7-10)9-31(19(14)35)16-18(34)30-15(33)8-21(16,24)25/h1-7,16-17H,8-9H2,(H,30,33,34). The summed E-state index contributed by atoms with van der Waals surface area (Å²) in [6.07, 6.45) is -0.383. The number of nitrogens with zero attached hydrogens (tertiary/aromatic N) is 2. The molecule has 0 aromatic heterocycles. The molecule has 7 nitrogen and oxygen atoms in total. The first-order valence-electron chi connectivity index (χ1n) is 10.6. The van der Waals surface area contributed by atoms with Crippen LogP contribution in [-0.4, -0.2) is 70.9 Å². The summed E-state index contributed by atoms with van der Waals surface area (Å²) >= 11 is 5.72. The minimum Gasteiger partial charge on any atom is -0.393 e. The zero-order valence-electron chi connectivity index (χ0n) is 18.6. The van der Waals surface area contributed by atoms with E-state index in [1.54, 1.807) is 0 Å². The van der Waals surface area contributed by atoms with Crippen LogP contribution in [0, 0.1) is 0 Å². The maximum atomic E-state index is 14.8. The minimum atomic E-state index is -3.99. The number of rotatable bonds is 5. The Morgan fingerprint density at radius 2 is 1.81 bits per heavy atom. The fraction of sp³-hybridized carbons (Fsp3) is 0.273. The third-order valence-electron chi connectivity index (χ3n) is 6.11. The van der Waals surface area contributed by atoms with Crippen molar-refractivity contribution in [3.05, 3.63) is 69.7 Å². The summed E-state index contributed by atoms with van der Waals surface area (Å²) in [7, 11) is 23.6. The molecule has 1 saturated heterocycles. The average molecular weight is 501 g/mol. The van der Waals surface area contributed by atoms with E-state index in [0.717, 1.165) is 17.0 Å². The lowest BCUT2D eigenvalue weighted by atomic mass is 9.47. The van der Waals surface area contributed by atoms with Gasteiger partial charge in [-0.05, 0) is 29.3 Å². The van der Waals surface area contributed by atoms with Crippen molar-refractivity contribution >= 4 is 66.7 Å². The number of carbonyl (C=O) groups excluding carboxylic acids is 4. The molecule has 2 unspecified atom stereocenters. The summed E-state index contributed by atoms with van der Waals surface area (Å²) < 4.78 is 29.5. The van der Waals surface area contributed by atoms with Crippen LogP contribution in [0.4, 0.5) is 8.78 Å². The number of amides is 4. The number of fused-ring (bicyclic) bond motifs is 1. The Labute approximate surface area is 215 Å². The lowest BCUT2D eigenvalue weighted by Crippen LogP contribution is -2.60. The Morgan fingerprint density at radius 3 is 2.42 bits per heavy atom. The highest BCUT2D eigenvalue weighted by Crippen LogP contribution is 2.39. The maximum Gasteiger partial charge on any atom is 0.348 e. The summed E-state index contributed by atoms with van der Waals surface area (Å²) in [6, 6.07) is 7.20. The molecule has 0 bridgehead atoms.